The normalized spacial score (nSPS) is 12.6. The first kappa shape index (κ1) is 21.2. The van der Waals surface area contributed by atoms with Gasteiger partial charge in [-0.05, 0) is 50.2 Å². The molecule has 1 amide bonds. The molecule has 6 nitrogen and oxygen atoms in total. The summed E-state index contributed by atoms with van der Waals surface area (Å²) in [6.07, 6.45) is 0. The lowest BCUT2D eigenvalue weighted by Crippen LogP contribution is -2.43. The Morgan fingerprint density at radius 1 is 1.15 bits per heavy atom. The van der Waals surface area contributed by atoms with E-state index in [4.69, 9.17) is 16.3 Å². The fourth-order valence-electron chi connectivity index (χ4n) is 2.29. The number of halogens is 1. The van der Waals surface area contributed by atoms with Gasteiger partial charge < -0.3 is 10.1 Å². The van der Waals surface area contributed by atoms with Crippen LogP contribution in [0.1, 0.15) is 12.5 Å². The zero-order chi connectivity index (χ0) is 20.0. The molecular weight excluding hydrogens is 388 g/mol. The number of benzene rings is 2. The Balaban J connectivity index is 1.86. The van der Waals surface area contributed by atoms with Gasteiger partial charge in [-0.3, -0.25) is 4.79 Å². The Morgan fingerprint density at radius 3 is 2.33 bits per heavy atom. The van der Waals surface area contributed by atoms with Gasteiger partial charge in [-0.25, -0.2) is 8.42 Å². The molecule has 0 aliphatic carbocycles. The number of ether oxygens (including phenoxy) is 1. The second kappa shape index (κ2) is 9.21. The number of rotatable bonds is 8. The Kier molecular flexibility index (Phi) is 7.24. The number of carbonyl (C=O) groups is 1. The highest BCUT2D eigenvalue weighted by atomic mass is 35.5. The summed E-state index contributed by atoms with van der Waals surface area (Å²) in [6.45, 7) is 3.77. The van der Waals surface area contributed by atoms with E-state index >= 15 is 0 Å². The van der Waals surface area contributed by atoms with Gasteiger partial charge in [0.25, 0.3) is 0 Å². The average molecular weight is 411 g/mol. The molecule has 1 atom stereocenters. The molecule has 1 unspecified atom stereocenters. The number of carbonyl (C=O) groups excluding carboxylic acids is 1. The summed E-state index contributed by atoms with van der Waals surface area (Å²) < 4.78 is 31.6. The van der Waals surface area contributed by atoms with Crippen molar-refractivity contribution in [3.8, 4) is 5.75 Å². The quantitative estimate of drug-likeness (QED) is 0.726. The minimum atomic E-state index is -3.76. The standard InChI is InChI=1S/C19H23ClN2O4S/c1-14-4-8-17(9-5-14)26-13-15(2)21-19(23)12-22(3)27(24,25)18-10-6-16(20)7-11-18/h4-11,15H,12-13H2,1-3H3,(H,21,23). The summed E-state index contributed by atoms with van der Waals surface area (Å²) in [4.78, 5) is 12.2. The molecule has 0 aliphatic rings. The maximum Gasteiger partial charge on any atom is 0.243 e. The summed E-state index contributed by atoms with van der Waals surface area (Å²) in [6, 6.07) is 13.1. The number of sulfonamides is 1. The molecule has 0 aliphatic heterocycles. The van der Waals surface area contributed by atoms with Gasteiger partial charge in [0.2, 0.25) is 15.9 Å². The third-order valence-corrected chi connectivity index (χ3v) is 5.89. The van der Waals surface area contributed by atoms with Crippen molar-refractivity contribution in [2.45, 2.75) is 24.8 Å². The number of aryl methyl sites for hydroxylation is 1. The topological polar surface area (TPSA) is 75.7 Å². The van der Waals surface area contributed by atoms with Crippen LogP contribution in [-0.4, -0.2) is 44.9 Å². The molecule has 2 rings (SSSR count). The number of hydrogen-bond acceptors (Lipinski definition) is 4. The highest BCUT2D eigenvalue weighted by Gasteiger charge is 2.23. The first-order valence-electron chi connectivity index (χ1n) is 8.39. The van der Waals surface area contributed by atoms with Crippen LogP contribution in [0.2, 0.25) is 5.02 Å². The van der Waals surface area contributed by atoms with Crippen LogP contribution in [-0.2, 0) is 14.8 Å². The van der Waals surface area contributed by atoms with Crippen molar-refractivity contribution in [3.05, 3.63) is 59.1 Å². The van der Waals surface area contributed by atoms with Crippen LogP contribution in [0.5, 0.6) is 5.75 Å². The van der Waals surface area contributed by atoms with E-state index in [0.29, 0.717) is 10.8 Å². The van der Waals surface area contributed by atoms with Crippen molar-refractivity contribution in [1.82, 2.24) is 9.62 Å². The molecule has 2 aromatic carbocycles. The number of nitrogens with one attached hydrogen (secondary N) is 1. The van der Waals surface area contributed by atoms with Crippen LogP contribution in [0, 0.1) is 6.92 Å². The Bertz CT molecular complexity index is 868. The zero-order valence-electron chi connectivity index (χ0n) is 15.5. The lowest BCUT2D eigenvalue weighted by atomic mass is 10.2. The minimum absolute atomic E-state index is 0.0814. The molecule has 146 valence electrons. The summed E-state index contributed by atoms with van der Waals surface area (Å²) in [5.41, 5.74) is 1.13. The van der Waals surface area contributed by atoms with Gasteiger partial charge in [0.15, 0.2) is 0 Å². The Labute approximate surface area is 165 Å². The van der Waals surface area contributed by atoms with Crippen LogP contribution in [0.4, 0.5) is 0 Å². The van der Waals surface area contributed by atoms with E-state index in [1.165, 1.54) is 31.3 Å². The first-order chi connectivity index (χ1) is 12.7. The lowest BCUT2D eigenvalue weighted by molar-refractivity contribution is -0.121. The molecule has 0 fully saturated rings. The highest BCUT2D eigenvalue weighted by molar-refractivity contribution is 7.89. The van der Waals surface area contributed by atoms with Gasteiger partial charge in [0.1, 0.15) is 12.4 Å². The van der Waals surface area contributed by atoms with Crippen molar-refractivity contribution in [1.29, 1.82) is 0 Å². The van der Waals surface area contributed by atoms with Crippen molar-refractivity contribution >= 4 is 27.5 Å². The molecule has 0 aromatic heterocycles. The maximum atomic E-state index is 12.5. The number of likely N-dealkylation sites (N-methyl/N-ethyl adjacent to an activating group) is 1. The van der Waals surface area contributed by atoms with Crippen molar-refractivity contribution < 1.29 is 17.9 Å². The predicted molar refractivity (Wildman–Crippen MR) is 106 cm³/mol. The second-order valence-corrected chi connectivity index (χ2v) is 8.79. The predicted octanol–water partition coefficient (Wildman–Crippen LogP) is 2.85. The molecule has 0 spiro atoms. The van der Waals surface area contributed by atoms with E-state index < -0.39 is 15.9 Å². The van der Waals surface area contributed by atoms with Gasteiger partial charge in [-0.2, -0.15) is 4.31 Å². The molecule has 0 radical (unpaired) electrons. The van der Waals surface area contributed by atoms with E-state index in [-0.39, 0.29) is 24.1 Å². The van der Waals surface area contributed by atoms with Gasteiger partial charge >= 0.3 is 0 Å². The summed E-state index contributed by atoms with van der Waals surface area (Å²) in [7, 11) is -2.41. The van der Waals surface area contributed by atoms with Crippen LogP contribution in [0.15, 0.2) is 53.4 Å². The van der Waals surface area contributed by atoms with Crippen LogP contribution < -0.4 is 10.1 Å². The van der Waals surface area contributed by atoms with E-state index in [2.05, 4.69) is 5.32 Å². The fourth-order valence-corrected chi connectivity index (χ4v) is 3.54. The maximum absolute atomic E-state index is 12.5. The van der Waals surface area contributed by atoms with E-state index in [0.717, 1.165) is 9.87 Å². The van der Waals surface area contributed by atoms with Crippen LogP contribution >= 0.6 is 11.6 Å². The van der Waals surface area contributed by atoms with Gasteiger partial charge in [0.05, 0.1) is 17.5 Å². The van der Waals surface area contributed by atoms with Crippen molar-refractivity contribution in [2.24, 2.45) is 0 Å². The fraction of sp³-hybridized carbons (Fsp3) is 0.316. The van der Waals surface area contributed by atoms with E-state index in [9.17, 15) is 13.2 Å². The molecule has 8 heteroatoms. The minimum Gasteiger partial charge on any atom is -0.491 e. The largest absolute Gasteiger partial charge is 0.491 e. The van der Waals surface area contributed by atoms with Crippen LogP contribution in [0.25, 0.3) is 0 Å². The zero-order valence-corrected chi connectivity index (χ0v) is 17.0. The lowest BCUT2D eigenvalue weighted by Gasteiger charge is -2.19. The molecule has 0 saturated heterocycles. The molecule has 0 heterocycles. The van der Waals surface area contributed by atoms with Gasteiger partial charge in [-0.15, -0.1) is 0 Å². The van der Waals surface area contributed by atoms with E-state index in [1.807, 2.05) is 31.2 Å². The van der Waals surface area contributed by atoms with Crippen molar-refractivity contribution in [2.75, 3.05) is 20.2 Å². The summed E-state index contributed by atoms with van der Waals surface area (Å²) in [5.74, 6) is 0.305. The number of hydrogen-bond donors (Lipinski definition) is 1. The number of amides is 1. The molecule has 1 N–H and O–H groups in total. The smallest absolute Gasteiger partial charge is 0.243 e. The second-order valence-electron chi connectivity index (χ2n) is 6.31. The third-order valence-electron chi connectivity index (χ3n) is 3.82. The van der Waals surface area contributed by atoms with Gasteiger partial charge in [-0.1, -0.05) is 29.3 Å². The number of nitrogens with zero attached hydrogens (tertiary/aromatic N) is 1. The van der Waals surface area contributed by atoms with E-state index in [1.54, 1.807) is 6.92 Å². The average Bonchev–Trinajstić information content (AvgIpc) is 2.61. The third kappa shape index (κ3) is 6.23. The highest BCUT2D eigenvalue weighted by Crippen LogP contribution is 2.17. The summed E-state index contributed by atoms with van der Waals surface area (Å²) >= 11 is 5.78. The molecule has 2 aromatic rings. The first-order valence-corrected chi connectivity index (χ1v) is 10.2. The molecular formula is C19H23ClN2O4S. The van der Waals surface area contributed by atoms with Gasteiger partial charge in [0, 0.05) is 12.1 Å². The Morgan fingerprint density at radius 2 is 1.74 bits per heavy atom. The molecule has 0 bridgehead atoms. The molecule has 27 heavy (non-hydrogen) atoms. The van der Waals surface area contributed by atoms with Crippen LogP contribution in [0.3, 0.4) is 0 Å². The monoisotopic (exact) mass is 410 g/mol. The molecule has 0 saturated carbocycles. The SMILES string of the molecule is Cc1ccc(OCC(C)NC(=O)CN(C)S(=O)(=O)c2ccc(Cl)cc2)cc1. The summed E-state index contributed by atoms with van der Waals surface area (Å²) in [5, 5.41) is 3.18. The van der Waals surface area contributed by atoms with Crippen molar-refractivity contribution in [3.63, 3.8) is 0 Å². The Hall–Kier alpha value is -2.09.